The molecule has 124 valence electrons. The summed E-state index contributed by atoms with van der Waals surface area (Å²) in [5, 5.41) is 0. The van der Waals surface area contributed by atoms with E-state index in [-0.39, 0.29) is 11.2 Å². The SMILES string of the molecule is C[C@]12CC[C@@H]3c4ccc(OC(F)[18F])cc4CC[C@H]3[C@@H]1CCC2=O. The third-order valence-corrected chi connectivity index (χ3v) is 6.63. The van der Waals surface area contributed by atoms with Gasteiger partial charge < -0.3 is 4.74 Å². The highest BCUT2D eigenvalue weighted by Crippen LogP contribution is 2.59. The van der Waals surface area contributed by atoms with Gasteiger partial charge in [0.15, 0.2) is 0 Å². The van der Waals surface area contributed by atoms with Crippen molar-refractivity contribution in [3.63, 3.8) is 0 Å². The number of aryl methyl sites for hydroxylation is 1. The number of alkyl halides is 2. The summed E-state index contributed by atoms with van der Waals surface area (Å²) in [6, 6.07) is 5.43. The van der Waals surface area contributed by atoms with Crippen LogP contribution in [0, 0.1) is 17.3 Å². The monoisotopic (exact) mass is 319 g/mol. The topological polar surface area (TPSA) is 26.3 Å². The van der Waals surface area contributed by atoms with Gasteiger partial charge in [-0.15, -0.1) is 0 Å². The molecule has 0 bridgehead atoms. The highest BCUT2D eigenvalue weighted by Gasteiger charge is 2.54. The number of carbonyl (C=O) groups excluding carboxylic acids is 1. The number of ketones is 1. The second-order valence-electron chi connectivity index (χ2n) is 7.57. The number of hydrogen-bond acceptors (Lipinski definition) is 2. The molecule has 23 heavy (non-hydrogen) atoms. The Morgan fingerprint density at radius 3 is 2.83 bits per heavy atom. The van der Waals surface area contributed by atoms with Crippen LogP contribution in [0.15, 0.2) is 18.2 Å². The minimum Gasteiger partial charge on any atom is -0.435 e. The Morgan fingerprint density at radius 1 is 1.22 bits per heavy atom. The fourth-order valence-electron chi connectivity index (χ4n) is 5.51. The molecule has 0 N–H and O–H groups in total. The minimum atomic E-state index is -2.77. The fraction of sp³-hybridized carbons (Fsp3) is 0.632. The van der Waals surface area contributed by atoms with Gasteiger partial charge in [-0.1, -0.05) is 13.0 Å². The highest BCUT2D eigenvalue weighted by molar-refractivity contribution is 5.87. The summed E-state index contributed by atoms with van der Waals surface area (Å²) in [6.45, 7) is -0.609. The largest absolute Gasteiger partial charge is 0.435 e. The molecule has 0 aromatic heterocycles. The molecule has 0 saturated heterocycles. The standard InChI is InChI=1S/C19H22F2O2/c1-19-9-8-14-13-5-3-12(23-18(20)21)10-11(13)2-4-15(14)16(19)6-7-17(19)22/h3,5,10,14-16,18H,2,4,6-9H2,1H3/t14-,15-,16+,19+/m1/s1/i20-1/t14-,15-,16+,18?,19+. The van der Waals surface area contributed by atoms with E-state index in [1.165, 1.54) is 5.56 Å². The number of benzene rings is 1. The van der Waals surface area contributed by atoms with Crippen LogP contribution in [0.1, 0.15) is 56.1 Å². The Balaban J connectivity index is 1.63. The molecule has 0 radical (unpaired) electrons. The molecule has 4 heteroatoms. The predicted molar refractivity (Wildman–Crippen MR) is 82.7 cm³/mol. The molecule has 2 fully saturated rings. The summed E-state index contributed by atoms with van der Waals surface area (Å²) in [4.78, 5) is 12.3. The van der Waals surface area contributed by atoms with Crippen LogP contribution in [0.2, 0.25) is 0 Å². The Bertz CT molecular complexity index is 642. The van der Waals surface area contributed by atoms with Gasteiger partial charge in [0, 0.05) is 11.8 Å². The van der Waals surface area contributed by atoms with Crippen LogP contribution in [-0.2, 0) is 11.2 Å². The number of rotatable bonds is 2. The van der Waals surface area contributed by atoms with Gasteiger partial charge in [0.1, 0.15) is 11.5 Å². The zero-order valence-electron chi connectivity index (χ0n) is 13.4. The molecule has 1 unspecified atom stereocenters. The second-order valence-corrected chi connectivity index (χ2v) is 7.57. The van der Waals surface area contributed by atoms with Gasteiger partial charge in [0.05, 0.1) is 0 Å². The molecule has 3 aliphatic rings. The average molecular weight is 319 g/mol. The second kappa shape index (κ2) is 5.29. The van der Waals surface area contributed by atoms with Crippen LogP contribution in [0.4, 0.5) is 8.78 Å². The van der Waals surface area contributed by atoms with Crippen molar-refractivity contribution in [2.45, 2.75) is 58.0 Å². The van der Waals surface area contributed by atoms with E-state index in [2.05, 4.69) is 11.7 Å². The van der Waals surface area contributed by atoms with E-state index in [0.717, 1.165) is 44.1 Å². The maximum Gasteiger partial charge on any atom is 0.387 e. The van der Waals surface area contributed by atoms with E-state index in [4.69, 9.17) is 0 Å². The lowest BCUT2D eigenvalue weighted by Crippen LogP contribution is -2.42. The van der Waals surface area contributed by atoms with E-state index in [0.29, 0.717) is 23.5 Å². The van der Waals surface area contributed by atoms with Crippen LogP contribution >= 0.6 is 0 Å². The summed E-state index contributed by atoms with van der Waals surface area (Å²) in [5.74, 6) is 2.25. The van der Waals surface area contributed by atoms with Gasteiger partial charge in [-0.25, -0.2) is 0 Å². The van der Waals surface area contributed by atoms with E-state index in [1.54, 1.807) is 12.1 Å². The molecule has 0 spiro atoms. The van der Waals surface area contributed by atoms with Gasteiger partial charge in [-0.05, 0) is 73.1 Å². The van der Waals surface area contributed by atoms with Crippen molar-refractivity contribution in [2.75, 3.05) is 0 Å². The lowest BCUT2D eigenvalue weighted by atomic mass is 9.55. The molecular weight excluding hydrogens is 297 g/mol. The third kappa shape index (κ3) is 2.29. The van der Waals surface area contributed by atoms with Crippen molar-refractivity contribution in [1.29, 1.82) is 0 Å². The Morgan fingerprint density at radius 2 is 2.04 bits per heavy atom. The van der Waals surface area contributed by atoms with Crippen molar-refractivity contribution < 1.29 is 18.3 Å². The van der Waals surface area contributed by atoms with Crippen molar-refractivity contribution in [3.8, 4) is 5.75 Å². The third-order valence-electron chi connectivity index (χ3n) is 6.63. The number of fused-ring (bicyclic) bond motifs is 5. The van der Waals surface area contributed by atoms with E-state index >= 15 is 0 Å². The first-order valence-electron chi connectivity index (χ1n) is 8.60. The molecule has 1 aromatic carbocycles. The lowest BCUT2D eigenvalue weighted by molar-refractivity contribution is -0.129. The summed E-state index contributed by atoms with van der Waals surface area (Å²) >= 11 is 0. The molecule has 4 rings (SSSR count). The number of Topliss-reactive ketones (excluding diaryl/α,β-unsaturated/α-hetero) is 1. The van der Waals surface area contributed by atoms with Crippen molar-refractivity contribution in [3.05, 3.63) is 29.3 Å². The molecule has 1 aromatic rings. The maximum atomic E-state index is 12.4. The van der Waals surface area contributed by atoms with E-state index < -0.39 is 6.61 Å². The first-order chi connectivity index (χ1) is 11.0. The summed E-state index contributed by atoms with van der Waals surface area (Å²) in [7, 11) is 0. The molecule has 2 saturated carbocycles. The lowest BCUT2D eigenvalue weighted by Gasteiger charge is -2.48. The van der Waals surface area contributed by atoms with Gasteiger partial charge in [-0.3, -0.25) is 4.79 Å². The normalized spacial score (nSPS) is 36.8. The van der Waals surface area contributed by atoms with Crippen LogP contribution in [-0.4, -0.2) is 12.4 Å². The zero-order valence-corrected chi connectivity index (χ0v) is 13.4. The minimum absolute atomic E-state index is 0.114. The van der Waals surface area contributed by atoms with Crippen LogP contribution in [0.25, 0.3) is 0 Å². The molecular formula is C19H22F2O2. The van der Waals surface area contributed by atoms with Crippen molar-refractivity contribution >= 4 is 5.78 Å². The Hall–Kier alpha value is -1.45. The van der Waals surface area contributed by atoms with Gasteiger partial charge >= 0.3 is 6.61 Å². The molecule has 0 heterocycles. The summed E-state index contributed by atoms with van der Waals surface area (Å²) < 4.78 is 29.3. The van der Waals surface area contributed by atoms with Crippen LogP contribution in [0.5, 0.6) is 5.75 Å². The van der Waals surface area contributed by atoms with Crippen LogP contribution in [0.3, 0.4) is 0 Å². The summed E-state index contributed by atoms with van der Waals surface area (Å²) in [6.07, 6.45) is 5.72. The first kappa shape index (κ1) is 15.1. The molecule has 2 nitrogen and oxygen atoms in total. The van der Waals surface area contributed by atoms with Gasteiger partial charge in [0.2, 0.25) is 0 Å². The smallest absolute Gasteiger partial charge is 0.387 e. The number of ether oxygens (including phenoxy) is 1. The van der Waals surface area contributed by atoms with Crippen molar-refractivity contribution in [2.24, 2.45) is 17.3 Å². The summed E-state index contributed by atoms with van der Waals surface area (Å²) in [5.41, 5.74) is 2.33. The van der Waals surface area contributed by atoms with Gasteiger partial charge in [0.25, 0.3) is 0 Å². The first-order valence-corrected chi connectivity index (χ1v) is 8.60. The number of carbonyl (C=O) groups is 1. The molecule has 0 amide bonds. The maximum absolute atomic E-state index is 12.4. The van der Waals surface area contributed by atoms with E-state index in [1.807, 2.05) is 6.07 Å². The Labute approximate surface area is 135 Å². The number of hydrogen-bond donors (Lipinski definition) is 0. The average Bonchev–Trinajstić information content (AvgIpc) is 2.82. The van der Waals surface area contributed by atoms with Gasteiger partial charge in [-0.2, -0.15) is 8.78 Å². The predicted octanol–water partition coefficient (Wildman–Crippen LogP) is 4.71. The van der Waals surface area contributed by atoms with Crippen LogP contribution < -0.4 is 4.74 Å². The molecule has 0 aliphatic heterocycles. The van der Waals surface area contributed by atoms with E-state index in [9.17, 15) is 13.6 Å². The highest BCUT2D eigenvalue weighted by atomic mass is 19.2. The Kier molecular flexibility index (Phi) is 3.47. The molecule has 5 atom stereocenters. The zero-order chi connectivity index (χ0) is 16.2. The molecule has 3 aliphatic carbocycles. The number of halogens is 2. The van der Waals surface area contributed by atoms with Crippen molar-refractivity contribution in [1.82, 2.24) is 0 Å². The quantitative estimate of drug-likeness (QED) is 0.789. The fourth-order valence-corrected chi connectivity index (χ4v) is 5.51.